The molecule has 11 nitrogen and oxygen atoms in total. The molecule has 2 aromatic heterocycles. The average molecular weight is 577 g/mol. The van der Waals surface area contributed by atoms with Crippen LogP contribution < -0.4 is 9.62 Å². The minimum absolute atomic E-state index is 0.0397. The fourth-order valence-corrected chi connectivity index (χ4v) is 6.61. The Balaban J connectivity index is 1.65. The number of nitriles is 1. The number of halogens is 2. The Labute approximate surface area is 227 Å². The lowest BCUT2D eigenvalue weighted by Crippen LogP contribution is -2.50. The first-order valence-corrected chi connectivity index (χ1v) is 14.7. The van der Waals surface area contributed by atoms with Crippen molar-refractivity contribution in [2.45, 2.75) is 50.5 Å². The highest BCUT2D eigenvalue weighted by Gasteiger charge is 2.47. The van der Waals surface area contributed by atoms with E-state index >= 15 is 0 Å². The van der Waals surface area contributed by atoms with E-state index in [9.17, 15) is 27.3 Å². The van der Waals surface area contributed by atoms with Gasteiger partial charge >= 0.3 is 0 Å². The van der Waals surface area contributed by atoms with Crippen LogP contribution in [-0.4, -0.2) is 71.1 Å². The minimum atomic E-state index is -4.14. The van der Waals surface area contributed by atoms with Gasteiger partial charge in [-0.2, -0.15) is 9.98 Å². The average Bonchev–Trinajstić information content (AvgIpc) is 3.48. The molecule has 2 fully saturated rings. The Morgan fingerprint density at radius 1 is 1.15 bits per heavy atom. The number of aromatic nitrogens is 4. The molecule has 0 bridgehead atoms. The van der Waals surface area contributed by atoms with Crippen LogP contribution in [-0.2, 0) is 14.8 Å². The molecule has 1 saturated carbocycles. The van der Waals surface area contributed by atoms with Gasteiger partial charge in [-0.05, 0) is 31.9 Å². The van der Waals surface area contributed by atoms with Crippen molar-refractivity contribution in [1.82, 2.24) is 29.8 Å². The molecule has 0 radical (unpaired) electrons. The molecular formula is C24H26F2N8O3S2. The van der Waals surface area contributed by atoms with E-state index in [0.717, 1.165) is 0 Å². The SMILES string of the molecule is Cc1nc(-c2nnc(C(F)F)s2)c2cc(S(=O)(=O)NC3(C#N)CC3)cc(N3CCN(C(=O)C(C)C)CC3)c2n1. The third-order valence-electron chi connectivity index (χ3n) is 6.73. The van der Waals surface area contributed by atoms with E-state index < -0.39 is 27.0 Å². The lowest BCUT2D eigenvalue weighted by atomic mass is 10.1. The Kier molecular flexibility index (Phi) is 6.98. The molecule has 206 valence electrons. The maximum absolute atomic E-state index is 13.5. The number of fused-ring (bicyclic) bond motifs is 1. The molecule has 39 heavy (non-hydrogen) atoms. The molecule has 1 N–H and O–H groups in total. The first-order chi connectivity index (χ1) is 18.4. The molecule has 1 aromatic carbocycles. The summed E-state index contributed by atoms with van der Waals surface area (Å²) in [4.78, 5) is 25.1. The number of hydrogen-bond acceptors (Lipinski definition) is 10. The Morgan fingerprint density at radius 2 is 1.85 bits per heavy atom. The van der Waals surface area contributed by atoms with Crippen molar-refractivity contribution in [1.29, 1.82) is 5.26 Å². The van der Waals surface area contributed by atoms with Gasteiger partial charge < -0.3 is 9.80 Å². The van der Waals surface area contributed by atoms with E-state index in [-0.39, 0.29) is 27.4 Å². The largest absolute Gasteiger partial charge is 0.366 e. The molecule has 1 aliphatic carbocycles. The second-order valence-corrected chi connectivity index (χ2v) is 12.7. The minimum Gasteiger partial charge on any atom is -0.366 e. The van der Waals surface area contributed by atoms with Crippen LogP contribution >= 0.6 is 11.3 Å². The number of rotatable bonds is 7. The summed E-state index contributed by atoms with van der Waals surface area (Å²) in [5.41, 5.74) is -0.0309. The fraction of sp³-hybridized carbons (Fsp3) is 0.500. The number of anilines is 1. The Hall–Kier alpha value is -3.35. The number of hydrogen-bond donors (Lipinski definition) is 1. The summed E-state index contributed by atoms with van der Waals surface area (Å²) in [6.45, 7) is 7.07. The first-order valence-electron chi connectivity index (χ1n) is 12.4. The number of carbonyl (C=O) groups excluding carboxylic acids is 1. The van der Waals surface area contributed by atoms with E-state index in [0.29, 0.717) is 72.8 Å². The van der Waals surface area contributed by atoms with Crippen LogP contribution in [0.15, 0.2) is 17.0 Å². The fourth-order valence-electron chi connectivity index (χ4n) is 4.49. The van der Waals surface area contributed by atoms with Crippen LogP contribution in [0.5, 0.6) is 0 Å². The molecule has 3 aromatic rings. The van der Waals surface area contributed by atoms with Crippen molar-refractivity contribution in [3.8, 4) is 16.8 Å². The van der Waals surface area contributed by atoms with Crippen molar-refractivity contribution in [3.05, 3.63) is 23.0 Å². The zero-order chi connectivity index (χ0) is 28.1. The summed E-state index contributed by atoms with van der Waals surface area (Å²) in [5.74, 6) is 0.240. The van der Waals surface area contributed by atoms with E-state index in [1.54, 1.807) is 11.8 Å². The topological polar surface area (TPSA) is 145 Å². The summed E-state index contributed by atoms with van der Waals surface area (Å²) < 4.78 is 56.0. The standard InChI is InChI=1S/C24H26F2N8O3S2/c1-13(2)23(35)34-8-6-33(7-9-34)17-11-15(39(36,37)32-24(12-27)4-5-24)10-16-18(17)28-14(3)29-19(16)21-30-31-22(38-21)20(25)26/h10-11,13,20,32H,4-9H2,1-3H3. The second-order valence-electron chi connectivity index (χ2n) is 9.97. The predicted octanol–water partition coefficient (Wildman–Crippen LogP) is 3.03. The number of benzene rings is 1. The van der Waals surface area contributed by atoms with Gasteiger partial charge in [0.25, 0.3) is 6.43 Å². The molecule has 15 heteroatoms. The molecule has 3 heterocycles. The molecule has 1 aliphatic heterocycles. The van der Waals surface area contributed by atoms with Crippen LogP contribution in [0.3, 0.4) is 0 Å². The molecule has 0 atom stereocenters. The normalized spacial score (nSPS) is 17.2. The summed E-state index contributed by atoms with van der Waals surface area (Å²) >= 11 is 0.674. The monoisotopic (exact) mass is 576 g/mol. The number of nitrogens with zero attached hydrogens (tertiary/aromatic N) is 7. The van der Waals surface area contributed by atoms with Crippen LogP contribution in [0.2, 0.25) is 0 Å². The van der Waals surface area contributed by atoms with E-state index in [1.807, 2.05) is 24.8 Å². The van der Waals surface area contributed by atoms with Crippen molar-refractivity contribution in [2.24, 2.45) is 5.92 Å². The summed E-state index contributed by atoms with van der Waals surface area (Å²) in [7, 11) is -4.14. The summed E-state index contributed by atoms with van der Waals surface area (Å²) in [5, 5.41) is 16.9. The lowest BCUT2D eigenvalue weighted by Gasteiger charge is -2.37. The van der Waals surface area contributed by atoms with E-state index in [2.05, 4.69) is 24.9 Å². The number of piperazine rings is 1. The zero-order valence-electron chi connectivity index (χ0n) is 21.5. The van der Waals surface area contributed by atoms with Gasteiger partial charge in [-0.3, -0.25) is 4.79 Å². The number of amides is 1. The first kappa shape index (κ1) is 27.2. The van der Waals surface area contributed by atoms with Crippen molar-refractivity contribution < 1.29 is 22.0 Å². The number of carbonyl (C=O) groups is 1. The third-order valence-corrected chi connectivity index (χ3v) is 9.18. The van der Waals surface area contributed by atoms with Crippen LogP contribution in [0.4, 0.5) is 14.5 Å². The Morgan fingerprint density at radius 3 is 2.41 bits per heavy atom. The molecule has 5 rings (SSSR count). The van der Waals surface area contributed by atoms with Crippen molar-refractivity contribution in [2.75, 3.05) is 31.1 Å². The number of alkyl halides is 2. The molecule has 0 spiro atoms. The number of nitrogens with one attached hydrogen (secondary N) is 1. The van der Waals surface area contributed by atoms with Crippen molar-refractivity contribution in [3.63, 3.8) is 0 Å². The molecular weight excluding hydrogens is 550 g/mol. The smallest absolute Gasteiger partial charge is 0.291 e. The van der Waals surface area contributed by atoms with Crippen LogP contribution in [0, 0.1) is 24.2 Å². The second kappa shape index (κ2) is 10.00. The molecule has 1 saturated heterocycles. The van der Waals surface area contributed by atoms with E-state index in [1.165, 1.54) is 12.1 Å². The number of sulfonamides is 1. The maximum atomic E-state index is 13.5. The molecule has 2 aliphatic rings. The summed E-state index contributed by atoms with van der Waals surface area (Å²) in [6.07, 6.45) is -2.00. The summed E-state index contributed by atoms with van der Waals surface area (Å²) in [6, 6.07) is 4.90. The zero-order valence-corrected chi connectivity index (χ0v) is 23.1. The van der Waals surface area contributed by atoms with Gasteiger partial charge in [0.15, 0.2) is 10.0 Å². The van der Waals surface area contributed by atoms with Gasteiger partial charge in [0.1, 0.15) is 17.1 Å². The van der Waals surface area contributed by atoms with Crippen molar-refractivity contribution >= 4 is 43.9 Å². The predicted molar refractivity (Wildman–Crippen MR) is 140 cm³/mol. The lowest BCUT2D eigenvalue weighted by molar-refractivity contribution is -0.134. The van der Waals surface area contributed by atoms with Gasteiger partial charge in [0.2, 0.25) is 15.9 Å². The van der Waals surface area contributed by atoms with Gasteiger partial charge in [0, 0.05) is 37.5 Å². The highest BCUT2D eigenvalue weighted by Crippen LogP contribution is 2.39. The highest BCUT2D eigenvalue weighted by molar-refractivity contribution is 7.89. The quantitative estimate of drug-likeness (QED) is 0.449. The maximum Gasteiger partial charge on any atom is 0.291 e. The van der Waals surface area contributed by atoms with Crippen LogP contribution in [0.25, 0.3) is 21.6 Å². The highest BCUT2D eigenvalue weighted by atomic mass is 32.2. The van der Waals surface area contributed by atoms with Gasteiger partial charge in [-0.25, -0.2) is 27.2 Å². The number of aryl methyl sites for hydroxylation is 1. The third kappa shape index (κ3) is 5.28. The van der Waals surface area contributed by atoms with E-state index in [4.69, 9.17) is 0 Å². The van der Waals surface area contributed by atoms with Gasteiger partial charge in [-0.1, -0.05) is 25.2 Å². The Bertz CT molecular complexity index is 1590. The van der Waals surface area contributed by atoms with Crippen LogP contribution in [0.1, 0.15) is 43.9 Å². The molecule has 0 unspecified atom stereocenters. The molecule has 1 amide bonds. The van der Waals surface area contributed by atoms with Gasteiger partial charge in [0.05, 0.1) is 22.2 Å². The van der Waals surface area contributed by atoms with Gasteiger partial charge in [-0.15, -0.1) is 10.2 Å².